The first kappa shape index (κ1) is 15.5. The van der Waals surface area contributed by atoms with Crippen LogP contribution in [0.3, 0.4) is 0 Å². The smallest absolute Gasteiger partial charge is 0.218 e. The highest BCUT2D eigenvalue weighted by Crippen LogP contribution is 2.22. The van der Waals surface area contributed by atoms with Crippen molar-refractivity contribution in [2.45, 2.75) is 51.0 Å². The maximum Gasteiger partial charge on any atom is 0.218 e. The minimum absolute atomic E-state index is 0.0177. The Bertz CT molecular complexity index is 525. The Morgan fingerprint density at radius 3 is 2.45 bits per heavy atom. The van der Waals surface area contributed by atoms with Gasteiger partial charge in [0.2, 0.25) is 10.0 Å². The number of benzene rings is 1. The Hall–Kier alpha value is -0.910. The summed E-state index contributed by atoms with van der Waals surface area (Å²) in [5, 5.41) is 9.00. The molecule has 112 valence electrons. The van der Waals surface area contributed by atoms with Gasteiger partial charge in [-0.3, -0.25) is 0 Å². The topological polar surface area (TPSA) is 57.6 Å². The Morgan fingerprint density at radius 1 is 1.15 bits per heavy atom. The van der Waals surface area contributed by atoms with Gasteiger partial charge in [-0.05, 0) is 30.9 Å². The van der Waals surface area contributed by atoms with Gasteiger partial charge in [0.15, 0.2) is 0 Å². The van der Waals surface area contributed by atoms with Crippen LogP contribution in [-0.4, -0.2) is 30.4 Å². The molecule has 1 aliphatic rings. The molecule has 1 N–H and O–H groups in total. The third-order valence-electron chi connectivity index (χ3n) is 3.90. The number of aliphatic hydroxyl groups excluding tert-OH is 1. The molecule has 0 saturated carbocycles. The van der Waals surface area contributed by atoms with E-state index >= 15 is 0 Å². The van der Waals surface area contributed by atoms with E-state index in [-0.39, 0.29) is 18.4 Å². The van der Waals surface area contributed by atoms with E-state index in [0.29, 0.717) is 6.54 Å². The molecule has 1 fully saturated rings. The van der Waals surface area contributed by atoms with Crippen molar-refractivity contribution in [1.82, 2.24) is 4.31 Å². The molecule has 4 nitrogen and oxygen atoms in total. The van der Waals surface area contributed by atoms with E-state index in [1.165, 1.54) is 0 Å². The number of nitrogens with zero attached hydrogens (tertiary/aromatic N) is 1. The molecule has 0 radical (unpaired) electrons. The predicted octanol–water partition coefficient (Wildman–Crippen LogP) is 2.27. The largest absolute Gasteiger partial charge is 0.392 e. The summed E-state index contributed by atoms with van der Waals surface area (Å²) < 4.78 is 26.8. The van der Waals surface area contributed by atoms with Crippen LogP contribution in [0.1, 0.15) is 43.7 Å². The number of sulfonamides is 1. The maximum atomic E-state index is 12.5. The molecule has 0 spiro atoms. The van der Waals surface area contributed by atoms with Crippen molar-refractivity contribution >= 4 is 10.0 Å². The highest BCUT2D eigenvalue weighted by Gasteiger charge is 2.28. The van der Waals surface area contributed by atoms with Crippen LogP contribution in [0.4, 0.5) is 0 Å². The maximum absolute atomic E-state index is 12.5. The summed E-state index contributed by atoms with van der Waals surface area (Å²) in [6, 6.07) is 7.21. The van der Waals surface area contributed by atoms with Gasteiger partial charge < -0.3 is 5.11 Å². The van der Waals surface area contributed by atoms with Gasteiger partial charge >= 0.3 is 0 Å². The van der Waals surface area contributed by atoms with E-state index in [2.05, 4.69) is 0 Å². The minimum atomic E-state index is -3.26. The van der Waals surface area contributed by atoms with Gasteiger partial charge in [0.25, 0.3) is 0 Å². The zero-order valence-corrected chi connectivity index (χ0v) is 12.8. The second-order valence-electron chi connectivity index (χ2n) is 5.54. The second-order valence-corrected chi connectivity index (χ2v) is 7.46. The quantitative estimate of drug-likeness (QED) is 0.927. The van der Waals surface area contributed by atoms with Crippen LogP contribution in [-0.2, 0) is 22.4 Å². The Balaban J connectivity index is 2.12. The molecule has 1 unspecified atom stereocenters. The summed E-state index contributed by atoms with van der Waals surface area (Å²) >= 11 is 0. The first-order valence-corrected chi connectivity index (χ1v) is 8.82. The molecule has 1 aromatic carbocycles. The lowest BCUT2D eigenvalue weighted by Gasteiger charge is -2.26. The Labute approximate surface area is 121 Å². The van der Waals surface area contributed by atoms with E-state index in [4.69, 9.17) is 5.11 Å². The van der Waals surface area contributed by atoms with Gasteiger partial charge in [0.1, 0.15) is 0 Å². The van der Waals surface area contributed by atoms with Gasteiger partial charge in [-0.2, -0.15) is 4.31 Å². The first-order chi connectivity index (χ1) is 9.53. The van der Waals surface area contributed by atoms with Gasteiger partial charge in [0, 0.05) is 12.6 Å². The van der Waals surface area contributed by atoms with Crippen molar-refractivity contribution in [2.75, 3.05) is 6.54 Å². The van der Waals surface area contributed by atoms with Crippen LogP contribution in [0.15, 0.2) is 24.3 Å². The third-order valence-corrected chi connectivity index (χ3v) is 5.86. The van der Waals surface area contributed by atoms with E-state index in [0.717, 1.165) is 36.8 Å². The Morgan fingerprint density at radius 2 is 1.80 bits per heavy atom. The molecule has 1 aliphatic heterocycles. The molecule has 1 aromatic rings. The zero-order valence-electron chi connectivity index (χ0n) is 12.0. The molecule has 0 aliphatic carbocycles. The monoisotopic (exact) mass is 297 g/mol. The lowest BCUT2D eigenvalue weighted by atomic mass is 10.1. The molecule has 1 atom stereocenters. The summed E-state index contributed by atoms with van der Waals surface area (Å²) in [6.07, 6.45) is 4.12. The van der Waals surface area contributed by atoms with Crippen LogP contribution in [0, 0.1) is 0 Å². The molecule has 0 aromatic heterocycles. The standard InChI is InChI=1S/C15H23NO3S/c1-13-5-3-2-4-10-16(13)20(18,19)12-15-8-6-14(11-17)7-9-15/h6-9,13,17H,2-5,10-12H2,1H3. The summed E-state index contributed by atoms with van der Waals surface area (Å²) in [5.74, 6) is 0.0447. The molecule has 1 saturated heterocycles. The summed E-state index contributed by atoms with van der Waals surface area (Å²) in [7, 11) is -3.26. The molecule has 5 heteroatoms. The van der Waals surface area contributed by atoms with Crippen molar-refractivity contribution < 1.29 is 13.5 Å². The third kappa shape index (κ3) is 3.81. The second kappa shape index (κ2) is 6.70. The average Bonchev–Trinajstić information content (AvgIpc) is 2.64. The molecule has 2 rings (SSSR count). The fraction of sp³-hybridized carbons (Fsp3) is 0.600. The zero-order chi connectivity index (χ0) is 14.6. The average molecular weight is 297 g/mol. The molecule has 1 heterocycles. The summed E-state index contributed by atoms with van der Waals surface area (Å²) in [6.45, 7) is 2.62. The van der Waals surface area contributed by atoms with Crippen molar-refractivity contribution in [1.29, 1.82) is 0 Å². The lowest BCUT2D eigenvalue weighted by Crippen LogP contribution is -2.38. The SMILES string of the molecule is CC1CCCCCN1S(=O)(=O)Cc1ccc(CO)cc1. The van der Waals surface area contributed by atoms with Crippen molar-refractivity contribution in [2.24, 2.45) is 0 Å². The van der Waals surface area contributed by atoms with E-state index < -0.39 is 10.0 Å². The van der Waals surface area contributed by atoms with Gasteiger partial charge in [-0.1, -0.05) is 37.1 Å². The van der Waals surface area contributed by atoms with Crippen molar-refractivity contribution in [3.05, 3.63) is 35.4 Å². The summed E-state index contributed by atoms with van der Waals surface area (Å²) in [5.41, 5.74) is 1.58. The molecule has 20 heavy (non-hydrogen) atoms. The number of rotatable bonds is 4. The minimum Gasteiger partial charge on any atom is -0.392 e. The van der Waals surface area contributed by atoms with Gasteiger partial charge in [0.05, 0.1) is 12.4 Å². The van der Waals surface area contributed by atoms with E-state index in [1.54, 1.807) is 28.6 Å². The first-order valence-electron chi connectivity index (χ1n) is 7.21. The van der Waals surface area contributed by atoms with Crippen LogP contribution in [0.5, 0.6) is 0 Å². The highest BCUT2D eigenvalue weighted by atomic mass is 32.2. The molecular formula is C15H23NO3S. The normalized spacial score (nSPS) is 21.6. The van der Waals surface area contributed by atoms with Gasteiger partial charge in [-0.15, -0.1) is 0 Å². The predicted molar refractivity (Wildman–Crippen MR) is 79.6 cm³/mol. The summed E-state index contributed by atoms with van der Waals surface area (Å²) in [4.78, 5) is 0. The van der Waals surface area contributed by atoms with Crippen LogP contribution in [0.25, 0.3) is 0 Å². The fourth-order valence-corrected chi connectivity index (χ4v) is 4.54. The van der Waals surface area contributed by atoms with Crippen LogP contribution < -0.4 is 0 Å². The molecule has 0 amide bonds. The van der Waals surface area contributed by atoms with Crippen LogP contribution in [0.2, 0.25) is 0 Å². The lowest BCUT2D eigenvalue weighted by molar-refractivity contribution is 0.282. The van der Waals surface area contributed by atoms with E-state index in [1.807, 2.05) is 6.92 Å². The highest BCUT2D eigenvalue weighted by molar-refractivity contribution is 7.88. The number of hydrogen-bond donors (Lipinski definition) is 1. The number of aliphatic hydroxyl groups is 1. The molecule has 0 bridgehead atoms. The molecular weight excluding hydrogens is 274 g/mol. The number of hydrogen-bond acceptors (Lipinski definition) is 3. The van der Waals surface area contributed by atoms with Crippen molar-refractivity contribution in [3.8, 4) is 0 Å². The van der Waals surface area contributed by atoms with Crippen molar-refractivity contribution in [3.63, 3.8) is 0 Å². The Kier molecular flexibility index (Phi) is 5.18. The van der Waals surface area contributed by atoms with Crippen LogP contribution >= 0.6 is 0 Å². The van der Waals surface area contributed by atoms with E-state index in [9.17, 15) is 8.42 Å². The van der Waals surface area contributed by atoms with Gasteiger partial charge in [-0.25, -0.2) is 8.42 Å². The fourth-order valence-electron chi connectivity index (χ4n) is 2.70.